The fourth-order valence-electron chi connectivity index (χ4n) is 2.83. The van der Waals surface area contributed by atoms with Gasteiger partial charge in [-0.15, -0.1) is 4.91 Å². The Kier molecular flexibility index (Phi) is 2.57. The molecule has 0 aliphatic carbocycles. The highest BCUT2D eigenvalue weighted by Gasteiger charge is 2.15. The molecule has 0 saturated carbocycles. The molecule has 3 nitrogen and oxygen atoms in total. The molecule has 0 bridgehead atoms. The van der Waals surface area contributed by atoms with Gasteiger partial charge < -0.3 is 4.98 Å². The molecule has 0 fully saturated rings. The number of benzene rings is 3. The van der Waals surface area contributed by atoms with Crippen molar-refractivity contribution in [1.29, 1.82) is 0 Å². The second kappa shape index (κ2) is 4.56. The summed E-state index contributed by atoms with van der Waals surface area (Å²) in [4.78, 5) is 14.7. The van der Waals surface area contributed by atoms with Crippen molar-refractivity contribution in [3.63, 3.8) is 0 Å². The zero-order valence-electron chi connectivity index (χ0n) is 11.2. The molecule has 4 aromatic rings. The maximum Gasteiger partial charge on any atom is 0.141 e. The molecule has 1 aromatic heterocycles. The Morgan fingerprint density at radius 2 is 1.52 bits per heavy atom. The largest absolute Gasteiger partial charge is 0.352 e. The van der Waals surface area contributed by atoms with Crippen molar-refractivity contribution in [3.05, 3.63) is 71.6 Å². The molecule has 3 aromatic carbocycles. The quantitative estimate of drug-likeness (QED) is 0.489. The second-order valence-electron chi connectivity index (χ2n) is 5.02. The topological polar surface area (TPSA) is 45.2 Å². The van der Waals surface area contributed by atoms with Crippen LogP contribution in [0.3, 0.4) is 0 Å². The van der Waals surface area contributed by atoms with E-state index in [4.69, 9.17) is 0 Å². The number of nitroso groups, excluding NO2 is 1. The highest BCUT2D eigenvalue weighted by atomic mass is 16.3. The molecule has 0 radical (unpaired) electrons. The maximum atomic E-state index is 11.3. The van der Waals surface area contributed by atoms with Gasteiger partial charge in [-0.1, -0.05) is 60.7 Å². The van der Waals surface area contributed by atoms with Crippen molar-refractivity contribution < 1.29 is 0 Å². The third-order valence-electron chi connectivity index (χ3n) is 3.82. The van der Waals surface area contributed by atoms with Crippen LogP contribution in [0.4, 0.5) is 5.69 Å². The van der Waals surface area contributed by atoms with E-state index in [0.29, 0.717) is 5.69 Å². The van der Waals surface area contributed by atoms with Crippen molar-refractivity contribution in [1.82, 2.24) is 4.98 Å². The molecule has 4 rings (SSSR count). The number of aromatic amines is 1. The summed E-state index contributed by atoms with van der Waals surface area (Å²) < 4.78 is 0. The fraction of sp³-hybridized carbons (Fsp3) is 0. The lowest BCUT2D eigenvalue weighted by atomic mass is 10.1. The summed E-state index contributed by atoms with van der Waals surface area (Å²) in [6.45, 7) is 0. The molecule has 0 unspecified atom stereocenters. The van der Waals surface area contributed by atoms with Crippen molar-refractivity contribution in [2.75, 3.05) is 0 Å². The highest BCUT2D eigenvalue weighted by molar-refractivity contribution is 6.12. The van der Waals surface area contributed by atoms with E-state index in [2.05, 4.69) is 22.3 Å². The molecule has 0 aliphatic heterocycles. The fourth-order valence-corrected chi connectivity index (χ4v) is 2.83. The number of nitrogens with zero attached hydrogens (tertiary/aromatic N) is 1. The third kappa shape index (κ3) is 1.75. The van der Waals surface area contributed by atoms with Gasteiger partial charge in [-0.3, -0.25) is 0 Å². The Morgan fingerprint density at radius 1 is 0.762 bits per heavy atom. The van der Waals surface area contributed by atoms with E-state index in [1.54, 1.807) is 0 Å². The van der Waals surface area contributed by atoms with Crippen LogP contribution in [0.2, 0.25) is 0 Å². The SMILES string of the molecule is O=Nc1c(-c2ccccc2)[nH]c2c1ccc1ccccc12. The van der Waals surface area contributed by atoms with E-state index in [1.165, 1.54) is 0 Å². The molecule has 3 heteroatoms. The van der Waals surface area contributed by atoms with E-state index >= 15 is 0 Å². The standard InChI is InChI=1S/C18H12N2O/c21-20-18-15-11-10-12-6-4-5-9-14(12)17(15)19-16(18)13-7-2-1-3-8-13/h1-11,19H. The molecule has 0 atom stereocenters. The molecule has 1 heterocycles. The lowest BCUT2D eigenvalue weighted by Gasteiger charge is -1.98. The molecule has 0 aliphatic rings. The van der Waals surface area contributed by atoms with Gasteiger partial charge in [-0.05, 0) is 16.6 Å². The molecule has 0 amide bonds. The van der Waals surface area contributed by atoms with Crippen molar-refractivity contribution >= 4 is 27.4 Å². The molecule has 0 saturated heterocycles. The summed E-state index contributed by atoms with van der Waals surface area (Å²) in [5.41, 5.74) is 3.17. The summed E-state index contributed by atoms with van der Waals surface area (Å²) in [7, 11) is 0. The van der Waals surface area contributed by atoms with Gasteiger partial charge in [0.2, 0.25) is 0 Å². The van der Waals surface area contributed by atoms with Crippen LogP contribution >= 0.6 is 0 Å². The van der Waals surface area contributed by atoms with E-state index in [0.717, 1.165) is 32.9 Å². The summed E-state index contributed by atoms with van der Waals surface area (Å²) in [6.07, 6.45) is 0. The first-order valence-electron chi connectivity index (χ1n) is 6.80. The first kappa shape index (κ1) is 11.9. The lowest BCUT2D eigenvalue weighted by Crippen LogP contribution is -1.77. The van der Waals surface area contributed by atoms with Gasteiger partial charge in [0.05, 0.1) is 11.2 Å². The van der Waals surface area contributed by atoms with E-state index in [9.17, 15) is 4.91 Å². The van der Waals surface area contributed by atoms with Crippen LogP contribution in [0.5, 0.6) is 0 Å². The van der Waals surface area contributed by atoms with Crippen molar-refractivity contribution in [3.8, 4) is 11.3 Å². The summed E-state index contributed by atoms with van der Waals surface area (Å²) in [5.74, 6) is 0. The zero-order chi connectivity index (χ0) is 14.2. The van der Waals surface area contributed by atoms with Gasteiger partial charge in [-0.25, -0.2) is 0 Å². The number of aromatic nitrogens is 1. The molecule has 100 valence electrons. The number of fused-ring (bicyclic) bond motifs is 3. The molecular formula is C18H12N2O. The molecular weight excluding hydrogens is 260 g/mol. The normalized spacial score (nSPS) is 11.0. The van der Waals surface area contributed by atoms with Crippen LogP contribution in [0.1, 0.15) is 0 Å². The summed E-state index contributed by atoms with van der Waals surface area (Å²) >= 11 is 0. The number of nitrogens with one attached hydrogen (secondary N) is 1. The Morgan fingerprint density at radius 3 is 2.33 bits per heavy atom. The van der Waals surface area contributed by atoms with Crippen molar-refractivity contribution in [2.45, 2.75) is 0 Å². The maximum absolute atomic E-state index is 11.3. The molecule has 21 heavy (non-hydrogen) atoms. The molecule has 0 spiro atoms. The zero-order valence-corrected chi connectivity index (χ0v) is 11.2. The smallest absolute Gasteiger partial charge is 0.141 e. The number of hydrogen-bond acceptors (Lipinski definition) is 2. The monoisotopic (exact) mass is 272 g/mol. The number of H-pyrrole nitrogens is 1. The highest BCUT2D eigenvalue weighted by Crippen LogP contribution is 2.39. The second-order valence-corrected chi connectivity index (χ2v) is 5.02. The number of rotatable bonds is 2. The first-order chi connectivity index (χ1) is 10.4. The van der Waals surface area contributed by atoms with E-state index in [1.807, 2.05) is 54.6 Å². The number of hydrogen-bond donors (Lipinski definition) is 1. The minimum absolute atomic E-state index is 0.474. The van der Waals surface area contributed by atoms with Gasteiger partial charge in [-0.2, -0.15) is 0 Å². The van der Waals surface area contributed by atoms with Crippen LogP contribution in [0.25, 0.3) is 32.9 Å². The Labute approximate surface area is 121 Å². The van der Waals surface area contributed by atoms with Gasteiger partial charge >= 0.3 is 0 Å². The van der Waals surface area contributed by atoms with Crippen molar-refractivity contribution in [2.24, 2.45) is 5.18 Å². The van der Waals surface area contributed by atoms with Crippen LogP contribution < -0.4 is 0 Å². The van der Waals surface area contributed by atoms with Gasteiger partial charge in [0.25, 0.3) is 0 Å². The Hall–Kier alpha value is -2.94. The predicted molar refractivity (Wildman–Crippen MR) is 86.7 cm³/mol. The average Bonchev–Trinajstić information content (AvgIpc) is 2.94. The average molecular weight is 272 g/mol. The van der Waals surface area contributed by atoms with Crippen LogP contribution in [0, 0.1) is 4.91 Å². The minimum Gasteiger partial charge on any atom is -0.352 e. The third-order valence-corrected chi connectivity index (χ3v) is 3.82. The molecule has 1 N–H and O–H groups in total. The van der Waals surface area contributed by atoms with Crippen LogP contribution in [-0.4, -0.2) is 4.98 Å². The minimum atomic E-state index is 0.474. The predicted octanol–water partition coefficient (Wildman–Crippen LogP) is 5.39. The van der Waals surface area contributed by atoms with Gasteiger partial charge in [0.1, 0.15) is 5.69 Å². The summed E-state index contributed by atoms with van der Waals surface area (Å²) in [5, 5.41) is 6.37. The van der Waals surface area contributed by atoms with Gasteiger partial charge in [0.15, 0.2) is 0 Å². The lowest BCUT2D eigenvalue weighted by molar-refractivity contribution is 1.43. The Balaban J connectivity index is 2.13. The summed E-state index contributed by atoms with van der Waals surface area (Å²) in [6, 6.07) is 21.9. The van der Waals surface area contributed by atoms with Crippen LogP contribution in [-0.2, 0) is 0 Å². The van der Waals surface area contributed by atoms with Crippen LogP contribution in [0.15, 0.2) is 71.9 Å². The van der Waals surface area contributed by atoms with E-state index < -0.39 is 0 Å². The Bertz CT molecular complexity index is 955. The van der Waals surface area contributed by atoms with Gasteiger partial charge in [0, 0.05) is 16.3 Å². The first-order valence-corrected chi connectivity index (χ1v) is 6.80. The van der Waals surface area contributed by atoms with E-state index in [-0.39, 0.29) is 0 Å².